The van der Waals surface area contributed by atoms with Crippen molar-refractivity contribution in [2.75, 3.05) is 32.8 Å². The van der Waals surface area contributed by atoms with Gasteiger partial charge in [-0.15, -0.1) is 4.21 Å². The number of hydrogen-bond donors (Lipinski definition) is 1. The highest BCUT2D eigenvalue weighted by molar-refractivity contribution is 7.79. The van der Waals surface area contributed by atoms with E-state index in [0.717, 1.165) is 53.0 Å². The molecule has 1 unspecified atom stereocenters. The minimum absolute atomic E-state index is 0. The van der Waals surface area contributed by atoms with Crippen LogP contribution in [-0.2, 0) is 20.0 Å². The van der Waals surface area contributed by atoms with Crippen molar-refractivity contribution in [2.24, 2.45) is 0 Å². The SMILES string of the molecule is N.O=[SH+]([O-])c1ccc(-c2cnn3cc(-c4ccc(OC5(CN6CCCCC6)COC5)cc4)cnc23)c2ccccc12. The molecule has 2 aromatic heterocycles. The Bertz CT molecular complexity index is 1710. The highest BCUT2D eigenvalue weighted by Crippen LogP contribution is 2.35. The summed E-state index contributed by atoms with van der Waals surface area (Å²) in [5.41, 5.74) is 4.14. The molecule has 2 aliphatic heterocycles. The Morgan fingerprint density at radius 3 is 2.37 bits per heavy atom. The lowest BCUT2D eigenvalue weighted by Gasteiger charge is -2.45. The zero-order valence-electron chi connectivity index (χ0n) is 22.7. The van der Waals surface area contributed by atoms with Crippen LogP contribution in [0.2, 0.25) is 0 Å². The van der Waals surface area contributed by atoms with Crippen LogP contribution in [0.3, 0.4) is 0 Å². The van der Waals surface area contributed by atoms with Crippen LogP contribution in [0.5, 0.6) is 5.75 Å². The minimum Gasteiger partial charge on any atom is -0.612 e. The standard InChI is InChI=1S/C31H30N4O4S.H3N/c36-40(37)29-13-12-26(25-6-2-3-7-27(25)29)28-17-33-35-18-23(16-32-30(28)35)22-8-10-24(11-9-22)39-31(20-38-21-31)19-34-14-4-1-5-15-34;/h2-3,6-13,16-18,40H,1,4-5,14-15,19-21H2;1H3. The third-order valence-corrected chi connectivity index (χ3v) is 8.74. The van der Waals surface area contributed by atoms with Gasteiger partial charge in [-0.3, -0.25) is 4.90 Å². The van der Waals surface area contributed by atoms with E-state index in [9.17, 15) is 8.76 Å². The summed E-state index contributed by atoms with van der Waals surface area (Å²) in [5.74, 6) is 0.842. The van der Waals surface area contributed by atoms with Crippen molar-refractivity contribution < 1.29 is 18.2 Å². The van der Waals surface area contributed by atoms with Crippen molar-refractivity contribution in [3.8, 4) is 28.0 Å². The summed E-state index contributed by atoms with van der Waals surface area (Å²) >= 11 is -2.70. The lowest BCUT2D eigenvalue weighted by molar-refractivity contribution is -0.172. The van der Waals surface area contributed by atoms with Crippen LogP contribution >= 0.6 is 0 Å². The molecule has 4 heterocycles. The molecule has 5 aromatic rings. The molecule has 0 bridgehead atoms. The van der Waals surface area contributed by atoms with Gasteiger partial charge in [0, 0.05) is 35.5 Å². The van der Waals surface area contributed by atoms with Crippen molar-refractivity contribution in [3.05, 3.63) is 79.3 Å². The quantitative estimate of drug-likeness (QED) is 0.209. The van der Waals surface area contributed by atoms with Crippen LogP contribution in [0.15, 0.2) is 84.1 Å². The van der Waals surface area contributed by atoms with Crippen LogP contribution in [0, 0.1) is 0 Å². The molecule has 10 heteroatoms. The van der Waals surface area contributed by atoms with Gasteiger partial charge in [-0.1, -0.05) is 36.8 Å². The molecule has 0 aliphatic carbocycles. The smallest absolute Gasteiger partial charge is 0.168 e. The molecule has 1 atom stereocenters. The van der Waals surface area contributed by atoms with Crippen LogP contribution in [0.1, 0.15) is 19.3 Å². The molecule has 2 saturated heterocycles. The number of piperidine rings is 1. The van der Waals surface area contributed by atoms with Crippen LogP contribution < -0.4 is 10.9 Å². The lowest BCUT2D eigenvalue weighted by atomic mass is 9.99. The molecule has 9 nitrogen and oxygen atoms in total. The van der Waals surface area contributed by atoms with Gasteiger partial charge in [0.15, 0.2) is 16.1 Å². The molecule has 0 radical (unpaired) electrons. The number of benzene rings is 3. The Kier molecular flexibility index (Phi) is 7.58. The number of thiol groups is 1. The number of nitrogens with zero attached hydrogens (tertiary/aromatic N) is 4. The summed E-state index contributed by atoms with van der Waals surface area (Å²) < 4.78 is 37.4. The maximum absolute atomic E-state index is 11.8. The summed E-state index contributed by atoms with van der Waals surface area (Å²) in [7, 11) is 0. The van der Waals surface area contributed by atoms with E-state index < -0.39 is 11.1 Å². The predicted octanol–water partition coefficient (Wildman–Crippen LogP) is 5.20. The predicted molar refractivity (Wildman–Crippen MR) is 159 cm³/mol. The molecule has 212 valence electrons. The van der Waals surface area contributed by atoms with E-state index in [-0.39, 0.29) is 11.8 Å². The average molecular weight is 572 g/mol. The maximum atomic E-state index is 11.8. The van der Waals surface area contributed by atoms with E-state index >= 15 is 0 Å². The zero-order chi connectivity index (χ0) is 27.1. The normalized spacial score (nSPS) is 17.6. The molecule has 0 spiro atoms. The van der Waals surface area contributed by atoms with E-state index in [1.165, 1.54) is 19.3 Å². The average Bonchev–Trinajstić information content (AvgIpc) is 3.39. The molecule has 0 amide bonds. The summed E-state index contributed by atoms with van der Waals surface area (Å²) in [6, 6.07) is 19.1. The monoisotopic (exact) mass is 571 g/mol. The minimum atomic E-state index is -2.70. The molecule has 0 saturated carbocycles. The molecular formula is C31H33N5O4S. The summed E-state index contributed by atoms with van der Waals surface area (Å²) in [6.07, 6.45) is 9.43. The van der Waals surface area contributed by atoms with Gasteiger partial charge in [-0.2, -0.15) is 5.10 Å². The van der Waals surface area contributed by atoms with E-state index in [1.807, 2.05) is 67.0 Å². The number of likely N-dealkylation sites (tertiary alicyclic amines) is 1. The van der Waals surface area contributed by atoms with Gasteiger partial charge >= 0.3 is 0 Å². The molecule has 7 rings (SSSR count). The second kappa shape index (κ2) is 11.3. The van der Waals surface area contributed by atoms with E-state index in [0.29, 0.717) is 29.1 Å². The number of hydrogen-bond acceptors (Lipinski definition) is 8. The van der Waals surface area contributed by atoms with Crippen molar-refractivity contribution in [3.63, 3.8) is 0 Å². The third-order valence-electron chi connectivity index (χ3n) is 7.96. The van der Waals surface area contributed by atoms with Crippen LogP contribution in [0.25, 0.3) is 38.7 Å². The van der Waals surface area contributed by atoms with Gasteiger partial charge in [0.05, 0.1) is 30.5 Å². The van der Waals surface area contributed by atoms with Crippen molar-refractivity contribution in [1.82, 2.24) is 25.6 Å². The summed E-state index contributed by atoms with van der Waals surface area (Å²) in [5, 5.41) is 6.12. The highest BCUT2D eigenvalue weighted by atomic mass is 32.2. The first-order valence-corrected chi connectivity index (χ1v) is 14.9. The first-order valence-electron chi connectivity index (χ1n) is 13.7. The molecule has 2 fully saturated rings. The highest BCUT2D eigenvalue weighted by Gasteiger charge is 2.42. The van der Waals surface area contributed by atoms with E-state index in [1.54, 1.807) is 16.8 Å². The number of fused-ring (bicyclic) bond motifs is 2. The number of ether oxygens (including phenoxy) is 2. The molecule has 3 aromatic carbocycles. The Morgan fingerprint density at radius 1 is 0.902 bits per heavy atom. The van der Waals surface area contributed by atoms with E-state index in [4.69, 9.17) is 14.5 Å². The topological polar surface area (TPSA) is 127 Å². The number of aromatic nitrogens is 3. The fourth-order valence-electron chi connectivity index (χ4n) is 5.89. The van der Waals surface area contributed by atoms with Crippen LogP contribution in [0.4, 0.5) is 0 Å². The molecule has 2 aliphatic rings. The Balaban J connectivity index is 0.00000302. The van der Waals surface area contributed by atoms with Gasteiger partial charge in [-0.25, -0.2) is 9.50 Å². The lowest BCUT2D eigenvalue weighted by Crippen LogP contribution is -2.61. The summed E-state index contributed by atoms with van der Waals surface area (Å²) in [4.78, 5) is 7.57. The molecule has 41 heavy (non-hydrogen) atoms. The Morgan fingerprint density at radius 2 is 1.66 bits per heavy atom. The first kappa shape index (κ1) is 27.5. The third kappa shape index (κ3) is 5.25. The number of rotatable bonds is 7. The maximum Gasteiger partial charge on any atom is 0.168 e. The first-order chi connectivity index (χ1) is 19.6. The van der Waals surface area contributed by atoms with Gasteiger partial charge in [-0.05, 0) is 72.8 Å². The van der Waals surface area contributed by atoms with Gasteiger partial charge in [0.1, 0.15) is 5.75 Å². The largest absolute Gasteiger partial charge is 0.612 e. The van der Waals surface area contributed by atoms with Crippen molar-refractivity contribution in [1.29, 1.82) is 0 Å². The fourth-order valence-corrected chi connectivity index (χ4v) is 6.48. The Hall–Kier alpha value is -3.67. The van der Waals surface area contributed by atoms with Gasteiger partial charge in [0.2, 0.25) is 0 Å². The van der Waals surface area contributed by atoms with Gasteiger partial charge < -0.3 is 20.2 Å². The van der Waals surface area contributed by atoms with Crippen molar-refractivity contribution in [2.45, 2.75) is 29.8 Å². The zero-order valence-corrected chi connectivity index (χ0v) is 23.6. The molecular weight excluding hydrogens is 538 g/mol. The summed E-state index contributed by atoms with van der Waals surface area (Å²) in [6.45, 7) is 4.43. The Labute approximate surface area is 241 Å². The van der Waals surface area contributed by atoms with Gasteiger partial charge in [0.25, 0.3) is 0 Å². The van der Waals surface area contributed by atoms with Crippen molar-refractivity contribution >= 4 is 27.5 Å². The second-order valence-corrected chi connectivity index (χ2v) is 11.7. The van der Waals surface area contributed by atoms with E-state index in [2.05, 4.69) is 10.00 Å². The van der Waals surface area contributed by atoms with Crippen LogP contribution in [-0.4, -0.2) is 62.5 Å². The molecule has 3 N–H and O–H groups in total. The second-order valence-electron chi connectivity index (χ2n) is 10.7. The fraction of sp³-hybridized carbons (Fsp3) is 0.290.